The van der Waals surface area contributed by atoms with Crippen LogP contribution in [0.15, 0.2) is 18.2 Å². The molecule has 1 heterocycles. The van der Waals surface area contributed by atoms with Crippen LogP contribution in [0.1, 0.15) is 38.3 Å². The second kappa shape index (κ2) is 5.36. The Morgan fingerprint density at radius 3 is 2.88 bits per heavy atom. The van der Waals surface area contributed by atoms with Crippen molar-refractivity contribution in [1.29, 1.82) is 0 Å². The number of ether oxygens (including phenoxy) is 1. The first-order valence-electron chi connectivity index (χ1n) is 5.95. The van der Waals surface area contributed by atoms with Crippen LogP contribution in [-0.2, 0) is 0 Å². The van der Waals surface area contributed by atoms with Gasteiger partial charge in [0.05, 0.1) is 6.04 Å². The maximum absolute atomic E-state index is 5.95. The van der Waals surface area contributed by atoms with E-state index in [1.54, 1.807) is 0 Å². The van der Waals surface area contributed by atoms with Gasteiger partial charge in [-0.3, -0.25) is 0 Å². The molecule has 1 aliphatic heterocycles. The predicted octanol–water partition coefficient (Wildman–Crippen LogP) is 3.50. The van der Waals surface area contributed by atoms with Gasteiger partial charge in [-0.15, -0.1) is 0 Å². The molecule has 1 aliphatic rings. The first kappa shape index (κ1) is 12.2. The fraction of sp³-hybridized carbons (Fsp3) is 0.538. The minimum atomic E-state index is 0.291. The van der Waals surface area contributed by atoms with E-state index in [4.69, 9.17) is 4.74 Å². The molecule has 0 radical (unpaired) electrons. The molecule has 0 amide bonds. The summed E-state index contributed by atoms with van der Waals surface area (Å²) in [5.41, 5.74) is 1.33. The molecular formula is C13H18INO. The molecule has 16 heavy (non-hydrogen) atoms. The Labute approximate surface area is 111 Å². The Hall–Kier alpha value is -0.290. The minimum Gasteiger partial charge on any atom is -0.488 e. The molecular weight excluding hydrogens is 313 g/mol. The third kappa shape index (κ3) is 2.35. The summed E-state index contributed by atoms with van der Waals surface area (Å²) in [7, 11) is 0. The zero-order valence-corrected chi connectivity index (χ0v) is 12.0. The first-order chi connectivity index (χ1) is 7.76. The number of halogens is 1. The lowest BCUT2D eigenvalue weighted by atomic mass is 10.0. The first-order valence-corrected chi connectivity index (χ1v) is 7.03. The van der Waals surface area contributed by atoms with Crippen molar-refractivity contribution >= 4 is 22.6 Å². The summed E-state index contributed by atoms with van der Waals surface area (Å²) in [6.07, 6.45) is 2.50. The van der Waals surface area contributed by atoms with Gasteiger partial charge in [0.25, 0.3) is 0 Å². The largest absolute Gasteiger partial charge is 0.488 e. The van der Waals surface area contributed by atoms with Crippen LogP contribution in [0.5, 0.6) is 5.75 Å². The van der Waals surface area contributed by atoms with Crippen molar-refractivity contribution in [2.24, 2.45) is 0 Å². The monoisotopic (exact) mass is 331 g/mol. The molecule has 1 aromatic carbocycles. The summed E-state index contributed by atoms with van der Waals surface area (Å²) < 4.78 is 7.23. The van der Waals surface area contributed by atoms with Crippen LogP contribution in [0.25, 0.3) is 0 Å². The Morgan fingerprint density at radius 1 is 1.38 bits per heavy atom. The Balaban J connectivity index is 2.24. The summed E-state index contributed by atoms with van der Waals surface area (Å²) >= 11 is 2.36. The Bertz CT molecular complexity index is 367. The van der Waals surface area contributed by atoms with Gasteiger partial charge in [0.15, 0.2) is 0 Å². The highest BCUT2D eigenvalue weighted by atomic mass is 127. The summed E-state index contributed by atoms with van der Waals surface area (Å²) in [6.45, 7) is 5.43. The van der Waals surface area contributed by atoms with Crippen molar-refractivity contribution in [2.75, 3.05) is 6.54 Å². The molecule has 0 spiro atoms. The molecule has 0 fully saturated rings. The summed E-state index contributed by atoms with van der Waals surface area (Å²) in [6, 6.07) is 6.80. The maximum Gasteiger partial charge on any atom is 0.124 e. The summed E-state index contributed by atoms with van der Waals surface area (Å²) in [5, 5.41) is 3.59. The van der Waals surface area contributed by atoms with Crippen molar-refractivity contribution < 1.29 is 4.74 Å². The van der Waals surface area contributed by atoms with Gasteiger partial charge in [0, 0.05) is 9.13 Å². The standard InChI is InChI=1S/C13H18INO/c1-3-7-15-13-10-8-9(14)5-6-12(10)16-11(13)4-2/h5-6,8,11,13,15H,3-4,7H2,1-2H3. The molecule has 0 aliphatic carbocycles. The molecule has 0 saturated heterocycles. The van der Waals surface area contributed by atoms with E-state index in [-0.39, 0.29) is 0 Å². The van der Waals surface area contributed by atoms with Gasteiger partial charge in [-0.1, -0.05) is 13.8 Å². The lowest BCUT2D eigenvalue weighted by Crippen LogP contribution is -2.31. The average molecular weight is 331 g/mol. The molecule has 1 aromatic rings. The van der Waals surface area contributed by atoms with E-state index in [1.165, 1.54) is 9.13 Å². The SMILES string of the molecule is CCCNC1c2cc(I)ccc2OC1CC. The third-order valence-electron chi connectivity index (χ3n) is 2.97. The van der Waals surface area contributed by atoms with Crippen LogP contribution in [-0.4, -0.2) is 12.6 Å². The van der Waals surface area contributed by atoms with Gasteiger partial charge in [-0.05, 0) is 60.2 Å². The molecule has 88 valence electrons. The molecule has 3 heteroatoms. The van der Waals surface area contributed by atoms with Crippen molar-refractivity contribution in [2.45, 2.75) is 38.8 Å². The van der Waals surface area contributed by atoms with Crippen LogP contribution in [0.2, 0.25) is 0 Å². The molecule has 2 atom stereocenters. The van der Waals surface area contributed by atoms with Crippen molar-refractivity contribution in [1.82, 2.24) is 5.32 Å². The molecule has 2 unspecified atom stereocenters. The zero-order chi connectivity index (χ0) is 11.5. The summed E-state index contributed by atoms with van der Waals surface area (Å²) in [4.78, 5) is 0. The predicted molar refractivity (Wildman–Crippen MR) is 74.9 cm³/mol. The number of benzene rings is 1. The van der Waals surface area contributed by atoms with Gasteiger partial charge in [-0.2, -0.15) is 0 Å². The number of rotatable bonds is 4. The van der Waals surface area contributed by atoms with Gasteiger partial charge >= 0.3 is 0 Å². The molecule has 1 N–H and O–H groups in total. The van der Waals surface area contributed by atoms with E-state index in [2.05, 4.69) is 60.0 Å². The second-order valence-electron chi connectivity index (χ2n) is 4.18. The smallest absolute Gasteiger partial charge is 0.124 e. The number of fused-ring (bicyclic) bond motifs is 1. The topological polar surface area (TPSA) is 21.3 Å². The third-order valence-corrected chi connectivity index (χ3v) is 3.64. The van der Waals surface area contributed by atoms with Crippen LogP contribution in [0.3, 0.4) is 0 Å². The summed E-state index contributed by atoms with van der Waals surface area (Å²) in [5.74, 6) is 1.06. The second-order valence-corrected chi connectivity index (χ2v) is 5.42. The Kier molecular flexibility index (Phi) is 4.08. The lowest BCUT2D eigenvalue weighted by molar-refractivity contribution is 0.185. The number of hydrogen-bond acceptors (Lipinski definition) is 2. The molecule has 0 saturated carbocycles. The average Bonchev–Trinajstić information content (AvgIpc) is 2.63. The lowest BCUT2D eigenvalue weighted by Gasteiger charge is -2.18. The molecule has 0 aromatic heterocycles. The van der Waals surface area contributed by atoms with Crippen LogP contribution in [0.4, 0.5) is 0 Å². The maximum atomic E-state index is 5.95. The Morgan fingerprint density at radius 2 is 2.19 bits per heavy atom. The van der Waals surface area contributed by atoms with Crippen LogP contribution < -0.4 is 10.1 Å². The van der Waals surface area contributed by atoms with Gasteiger partial charge in [0.1, 0.15) is 11.9 Å². The normalized spacial score (nSPS) is 22.9. The fourth-order valence-electron chi connectivity index (χ4n) is 2.16. The van der Waals surface area contributed by atoms with Crippen molar-refractivity contribution in [3.8, 4) is 5.75 Å². The van der Waals surface area contributed by atoms with E-state index in [1.807, 2.05) is 0 Å². The number of hydrogen-bond donors (Lipinski definition) is 1. The van der Waals surface area contributed by atoms with Crippen molar-refractivity contribution in [3.63, 3.8) is 0 Å². The highest BCUT2D eigenvalue weighted by Crippen LogP contribution is 2.38. The van der Waals surface area contributed by atoms with Gasteiger partial charge in [-0.25, -0.2) is 0 Å². The zero-order valence-electron chi connectivity index (χ0n) is 9.79. The van der Waals surface area contributed by atoms with Gasteiger partial charge in [0.2, 0.25) is 0 Å². The quantitative estimate of drug-likeness (QED) is 0.853. The highest BCUT2D eigenvalue weighted by Gasteiger charge is 2.32. The van der Waals surface area contributed by atoms with E-state index < -0.39 is 0 Å². The van der Waals surface area contributed by atoms with E-state index in [9.17, 15) is 0 Å². The molecule has 2 nitrogen and oxygen atoms in total. The minimum absolute atomic E-state index is 0.291. The number of nitrogens with one attached hydrogen (secondary N) is 1. The van der Waals surface area contributed by atoms with Gasteiger partial charge < -0.3 is 10.1 Å². The van der Waals surface area contributed by atoms with E-state index in [0.29, 0.717) is 12.1 Å². The van der Waals surface area contributed by atoms with E-state index in [0.717, 1.165) is 25.1 Å². The molecule has 2 rings (SSSR count). The fourth-order valence-corrected chi connectivity index (χ4v) is 2.68. The molecule has 0 bridgehead atoms. The van der Waals surface area contributed by atoms with Crippen LogP contribution in [0, 0.1) is 3.57 Å². The van der Waals surface area contributed by atoms with Crippen LogP contribution >= 0.6 is 22.6 Å². The van der Waals surface area contributed by atoms with Crippen molar-refractivity contribution in [3.05, 3.63) is 27.3 Å². The highest BCUT2D eigenvalue weighted by molar-refractivity contribution is 14.1. The van der Waals surface area contributed by atoms with E-state index >= 15 is 0 Å².